The number of aliphatic hydroxyl groups is 1. The van der Waals surface area contributed by atoms with E-state index in [0.717, 1.165) is 42.4 Å². The molecule has 2 aliphatic rings. The van der Waals surface area contributed by atoms with E-state index < -0.39 is 5.60 Å². The van der Waals surface area contributed by atoms with Crippen LogP contribution in [0, 0.1) is 5.92 Å². The van der Waals surface area contributed by atoms with Gasteiger partial charge in [0.1, 0.15) is 0 Å². The van der Waals surface area contributed by atoms with Crippen LogP contribution < -0.4 is 5.32 Å². The normalized spacial score (nSPS) is 23.8. The molecule has 0 atom stereocenters. The lowest BCUT2D eigenvalue weighted by molar-refractivity contribution is -0.00257. The van der Waals surface area contributed by atoms with Gasteiger partial charge in [0.2, 0.25) is 0 Å². The van der Waals surface area contributed by atoms with Crippen molar-refractivity contribution in [2.75, 3.05) is 0 Å². The van der Waals surface area contributed by atoms with E-state index in [4.69, 9.17) is 0 Å². The maximum absolute atomic E-state index is 12.6. The molecular weight excluding hydrogens is 326 g/mol. The number of fused-ring (bicyclic) bond motifs is 1. The molecule has 5 nitrogen and oxygen atoms in total. The van der Waals surface area contributed by atoms with Gasteiger partial charge in [-0.25, -0.2) is 9.97 Å². The van der Waals surface area contributed by atoms with Crippen molar-refractivity contribution in [1.29, 1.82) is 0 Å². The molecule has 138 valence electrons. The Balaban J connectivity index is 1.41. The van der Waals surface area contributed by atoms with Crippen molar-refractivity contribution < 1.29 is 9.90 Å². The lowest BCUT2D eigenvalue weighted by Crippen LogP contribution is -2.41. The van der Waals surface area contributed by atoms with Gasteiger partial charge < -0.3 is 10.4 Å². The third-order valence-corrected chi connectivity index (χ3v) is 5.88. The SMILES string of the molecule is CC(C)(O)C1CCC(NC(=O)c2cnc3nc(C4CC4)ccc3c2)CC1. The summed E-state index contributed by atoms with van der Waals surface area (Å²) in [5, 5.41) is 14.2. The minimum atomic E-state index is -0.635. The van der Waals surface area contributed by atoms with Crippen molar-refractivity contribution in [3.8, 4) is 0 Å². The zero-order valence-corrected chi connectivity index (χ0v) is 15.5. The summed E-state index contributed by atoms with van der Waals surface area (Å²) in [7, 11) is 0. The summed E-state index contributed by atoms with van der Waals surface area (Å²) in [6.07, 6.45) is 7.77. The molecule has 26 heavy (non-hydrogen) atoms. The first kappa shape index (κ1) is 17.4. The predicted octanol–water partition coefficient (Wildman–Crippen LogP) is 3.57. The van der Waals surface area contributed by atoms with Crippen molar-refractivity contribution in [1.82, 2.24) is 15.3 Å². The average molecular weight is 353 g/mol. The molecule has 2 aromatic heterocycles. The Morgan fingerprint density at radius 1 is 1.15 bits per heavy atom. The van der Waals surface area contributed by atoms with Crippen LogP contribution in [0.1, 0.15) is 74.3 Å². The molecule has 0 aliphatic heterocycles. The lowest BCUT2D eigenvalue weighted by Gasteiger charge is -2.36. The maximum Gasteiger partial charge on any atom is 0.253 e. The van der Waals surface area contributed by atoms with Gasteiger partial charge in [0.05, 0.1) is 11.2 Å². The van der Waals surface area contributed by atoms with Crippen LogP contribution >= 0.6 is 0 Å². The number of aromatic nitrogens is 2. The summed E-state index contributed by atoms with van der Waals surface area (Å²) in [4.78, 5) is 21.6. The number of hydrogen-bond donors (Lipinski definition) is 2. The Hall–Kier alpha value is -2.01. The number of nitrogens with one attached hydrogen (secondary N) is 1. The zero-order valence-electron chi connectivity index (χ0n) is 15.5. The Labute approximate surface area is 154 Å². The van der Waals surface area contributed by atoms with Crippen LogP contribution in [0.2, 0.25) is 0 Å². The van der Waals surface area contributed by atoms with Crippen molar-refractivity contribution in [3.05, 3.63) is 35.7 Å². The van der Waals surface area contributed by atoms with E-state index in [2.05, 4.69) is 21.4 Å². The molecule has 1 amide bonds. The van der Waals surface area contributed by atoms with Gasteiger partial charge in [0.15, 0.2) is 5.65 Å². The predicted molar refractivity (Wildman–Crippen MR) is 101 cm³/mol. The summed E-state index contributed by atoms with van der Waals surface area (Å²) >= 11 is 0. The molecule has 2 fully saturated rings. The summed E-state index contributed by atoms with van der Waals surface area (Å²) in [5.41, 5.74) is 1.79. The summed E-state index contributed by atoms with van der Waals surface area (Å²) < 4.78 is 0. The second-order valence-electron chi connectivity index (χ2n) is 8.46. The van der Waals surface area contributed by atoms with E-state index in [1.54, 1.807) is 6.20 Å². The van der Waals surface area contributed by atoms with Gasteiger partial charge in [-0.1, -0.05) is 0 Å². The molecule has 2 aliphatic carbocycles. The largest absolute Gasteiger partial charge is 0.390 e. The minimum absolute atomic E-state index is 0.0719. The summed E-state index contributed by atoms with van der Waals surface area (Å²) in [6.45, 7) is 3.75. The molecule has 4 rings (SSSR count). The molecule has 0 bridgehead atoms. The first-order valence-corrected chi connectivity index (χ1v) is 9.70. The van der Waals surface area contributed by atoms with Gasteiger partial charge in [-0.3, -0.25) is 4.79 Å². The fraction of sp³-hybridized carbons (Fsp3) is 0.571. The van der Waals surface area contributed by atoms with E-state index >= 15 is 0 Å². The van der Waals surface area contributed by atoms with E-state index in [-0.39, 0.29) is 11.9 Å². The first-order chi connectivity index (χ1) is 12.4. The van der Waals surface area contributed by atoms with Crippen LogP contribution in [0.25, 0.3) is 11.0 Å². The quantitative estimate of drug-likeness (QED) is 0.881. The molecular formula is C21H27N3O2. The summed E-state index contributed by atoms with van der Waals surface area (Å²) in [5.74, 6) is 0.838. The number of nitrogens with zero attached hydrogens (tertiary/aromatic N) is 2. The van der Waals surface area contributed by atoms with Gasteiger partial charge in [-0.15, -0.1) is 0 Å². The second kappa shape index (κ2) is 6.62. The highest BCUT2D eigenvalue weighted by Crippen LogP contribution is 2.39. The molecule has 0 unspecified atom stereocenters. The number of pyridine rings is 2. The number of amides is 1. The number of carbonyl (C=O) groups excluding carboxylic acids is 1. The highest BCUT2D eigenvalue weighted by Gasteiger charge is 2.32. The third kappa shape index (κ3) is 3.73. The van der Waals surface area contributed by atoms with Crippen LogP contribution in [0.15, 0.2) is 24.4 Å². The van der Waals surface area contributed by atoms with E-state index in [0.29, 0.717) is 17.4 Å². The van der Waals surface area contributed by atoms with Gasteiger partial charge >= 0.3 is 0 Å². The minimum Gasteiger partial charge on any atom is -0.390 e. The topological polar surface area (TPSA) is 75.1 Å². The Bertz CT molecular complexity index is 816. The van der Waals surface area contributed by atoms with Gasteiger partial charge in [0, 0.05) is 29.2 Å². The molecule has 2 saturated carbocycles. The molecule has 0 radical (unpaired) electrons. The Morgan fingerprint density at radius 2 is 1.88 bits per heavy atom. The van der Waals surface area contributed by atoms with Crippen LogP contribution in [-0.4, -0.2) is 32.6 Å². The van der Waals surface area contributed by atoms with Crippen molar-refractivity contribution in [3.63, 3.8) is 0 Å². The van der Waals surface area contributed by atoms with Crippen molar-refractivity contribution in [2.45, 2.75) is 69.9 Å². The van der Waals surface area contributed by atoms with Crippen LogP contribution in [0.4, 0.5) is 0 Å². The van der Waals surface area contributed by atoms with E-state index in [9.17, 15) is 9.90 Å². The highest BCUT2D eigenvalue weighted by molar-refractivity contribution is 5.97. The second-order valence-corrected chi connectivity index (χ2v) is 8.46. The molecule has 2 N–H and O–H groups in total. The molecule has 2 heterocycles. The molecule has 5 heteroatoms. The van der Waals surface area contributed by atoms with Gasteiger partial charge in [0.25, 0.3) is 5.91 Å². The molecule has 0 spiro atoms. The van der Waals surface area contributed by atoms with Crippen LogP contribution in [-0.2, 0) is 0 Å². The number of rotatable bonds is 4. The smallest absolute Gasteiger partial charge is 0.253 e. The number of hydrogen-bond acceptors (Lipinski definition) is 4. The Kier molecular flexibility index (Phi) is 4.43. The van der Waals surface area contributed by atoms with Crippen LogP contribution in [0.3, 0.4) is 0 Å². The fourth-order valence-electron chi connectivity index (χ4n) is 3.97. The lowest BCUT2D eigenvalue weighted by atomic mass is 9.77. The third-order valence-electron chi connectivity index (χ3n) is 5.88. The van der Waals surface area contributed by atoms with Crippen LogP contribution in [0.5, 0.6) is 0 Å². The summed E-state index contributed by atoms with van der Waals surface area (Å²) in [6, 6.07) is 6.13. The average Bonchev–Trinajstić information content (AvgIpc) is 3.45. The molecule has 0 aromatic carbocycles. The van der Waals surface area contributed by atoms with Crippen molar-refractivity contribution in [2.24, 2.45) is 5.92 Å². The Morgan fingerprint density at radius 3 is 2.54 bits per heavy atom. The molecule has 2 aromatic rings. The number of carbonyl (C=O) groups is 1. The standard InChI is InChI=1S/C21H27N3O2/c1-21(2,26)16-6-8-17(9-7-16)23-20(25)15-11-14-5-10-18(13-3-4-13)24-19(14)22-12-15/h5,10-13,16-17,26H,3-4,6-9H2,1-2H3,(H,23,25). The maximum atomic E-state index is 12.6. The zero-order chi connectivity index (χ0) is 18.3. The van der Waals surface area contributed by atoms with Gasteiger partial charge in [-0.2, -0.15) is 0 Å². The first-order valence-electron chi connectivity index (χ1n) is 9.70. The molecule has 0 saturated heterocycles. The fourth-order valence-corrected chi connectivity index (χ4v) is 3.97. The van der Waals surface area contributed by atoms with Gasteiger partial charge in [-0.05, 0) is 76.5 Å². The van der Waals surface area contributed by atoms with E-state index in [1.807, 2.05) is 26.0 Å². The highest BCUT2D eigenvalue weighted by atomic mass is 16.3. The monoisotopic (exact) mass is 353 g/mol. The van der Waals surface area contributed by atoms with E-state index in [1.165, 1.54) is 12.8 Å². The van der Waals surface area contributed by atoms with Crippen molar-refractivity contribution >= 4 is 16.9 Å².